The van der Waals surface area contributed by atoms with Gasteiger partial charge in [-0.25, -0.2) is 0 Å². The van der Waals surface area contributed by atoms with Crippen LogP contribution in [-0.4, -0.2) is 13.1 Å². The van der Waals surface area contributed by atoms with E-state index < -0.39 is 0 Å². The van der Waals surface area contributed by atoms with Crippen molar-refractivity contribution in [3.8, 4) is 5.75 Å². The smallest absolute Gasteiger partial charge is 0.317 e. The molecule has 0 N–H and O–H groups in total. The quantitative estimate of drug-likeness (QED) is 0.726. The van der Waals surface area contributed by atoms with E-state index in [1.54, 1.807) is 7.11 Å². The van der Waals surface area contributed by atoms with E-state index in [4.69, 9.17) is 9.47 Å². The lowest BCUT2D eigenvalue weighted by Crippen LogP contribution is -2.55. The van der Waals surface area contributed by atoms with Crippen LogP contribution in [0.25, 0.3) is 0 Å². The van der Waals surface area contributed by atoms with Crippen LogP contribution in [0.1, 0.15) is 49.3 Å². The molecule has 1 spiro atoms. The first-order valence-corrected chi connectivity index (χ1v) is 7.15. The monoisotopic (exact) mass is 258 g/mol. The average Bonchev–Trinajstić information content (AvgIpc) is 2.46. The van der Waals surface area contributed by atoms with E-state index >= 15 is 0 Å². The zero-order valence-electron chi connectivity index (χ0n) is 11.1. The van der Waals surface area contributed by atoms with Crippen molar-refractivity contribution in [2.24, 2.45) is 5.92 Å². The first-order valence-electron chi connectivity index (χ1n) is 7.15. The van der Waals surface area contributed by atoms with Crippen LogP contribution in [0.4, 0.5) is 0 Å². The average molecular weight is 258 g/mol. The van der Waals surface area contributed by atoms with Gasteiger partial charge >= 0.3 is 5.97 Å². The van der Waals surface area contributed by atoms with Crippen molar-refractivity contribution in [2.75, 3.05) is 7.11 Å². The molecule has 0 amide bonds. The minimum Gasteiger partial charge on any atom is -0.497 e. The van der Waals surface area contributed by atoms with Crippen molar-refractivity contribution in [1.82, 2.24) is 0 Å². The lowest BCUT2D eigenvalue weighted by molar-refractivity contribution is -0.176. The maximum atomic E-state index is 12.5. The van der Waals surface area contributed by atoms with Gasteiger partial charge in [0.2, 0.25) is 0 Å². The summed E-state index contributed by atoms with van der Waals surface area (Å²) in [7, 11) is 1.68. The number of benzene rings is 1. The van der Waals surface area contributed by atoms with E-state index in [0.717, 1.165) is 31.4 Å². The summed E-state index contributed by atoms with van der Waals surface area (Å²) in [6.07, 6.45) is 5.42. The van der Waals surface area contributed by atoms with E-state index in [-0.39, 0.29) is 17.5 Å². The number of esters is 1. The minimum absolute atomic E-state index is 0.00852. The lowest BCUT2D eigenvalue weighted by Gasteiger charge is -2.53. The fourth-order valence-corrected chi connectivity index (χ4v) is 4.36. The number of rotatable bonds is 1. The van der Waals surface area contributed by atoms with Crippen molar-refractivity contribution in [3.63, 3.8) is 0 Å². The molecular weight excluding hydrogens is 240 g/mol. The molecule has 1 saturated carbocycles. The van der Waals surface area contributed by atoms with Crippen molar-refractivity contribution >= 4 is 5.97 Å². The molecular formula is C16H18O3. The molecule has 5 rings (SSSR count). The van der Waals surface area contributed by atoms with E-state index in [1.165, 1.54) is 17.5 Å². The molecule has 100 valence electrons. The van der Waals surface area contributed by atoms with Crippen LogP contribution in [0, 0.1) is 5.92 Å². The van der Waals surface area contributed by atoms with Gasteiger partial charge in [-0.05, 0) is 48.4 Å². The van der Waals surface area contributed by atoms with Gasteiger partial charge in [0.1, 0.15) is 11.9 Å². The predicted octanol–water partition coefficient (Wildman–Crippen LogP) is 3.12. The molecule has 4 aliphatic rings. The second kappa shape index (κ2) is 3.75. The number of fused-ring (bicyclic) bond motifs is 1. The number of carbonyl (C=O) groups is 1. The van der Waals surface area contributed by atoms with E-state index in [2.05, 4.69) is 12.1 Å². The first-order chi connectivity index (χ1) is 9.25. The van der Waals surface area contributed by atoms with Crippen molar-refractivity contribution in [1.29, 1.82) is 0 Å². The Hall–Kier alpha value is -1.51. The number of ether oxygens (including phenoxy) is 2. The maximum Gasteiger partial charge on any atom is 0.317 e. The fourth-order valence-electron chi connectivity index (χ4n) is 4.36. The van der Waals surface area contributed by atoms with Gasteiger partial charge in [0, 0.05) is 0 Å². The van der Waals surface area contributed by atoms with Crippen molar-refractivity contribution in [3.05, 3.63) is 29.3 Å². The molecule has 3 nitrogen and oxygen atoms in total. The lowest BCUT2D eigenvalue weighted by atomic mass is 9.55. The van der Waals surface area contributed by atoms with Crippen LogP contribution < -0.4 is 4.74 Å². The van der Waals surface area contributed by atoms with Gasteiger partial charge in [0.15, 0.2) is 0 Å². The summed E-state index contributed by atoms with van der Waals surface area (Å²) in [5.74, 6) is 1.32. The Morgan fingerprint density at radius 3 is 3.11 bits per heavy atom. The predicted molar refractivity (Wildman–Crippen MR) is 70.1 cm³/mol. The van der Waals surface area contributed by atoms with Crippen LogP contribution >= 0.6 is 0 Å². The highest BCUT2D eigenvalue weighted by Gasteiger charge is 2.59. The molecule has 19 heavy (non-hydrogen) atoms. The summed E-state index contributed by atoms with van der Waals surface area (Å²) in [5.41, 5.74) is 2.01. The summed E-state index contributed by atoms with van der Waals surface area (Å²) in [6, 6.07) is 6.12. The summed E-state index contributed by atoms with van der Waals surface area (Å²) in [4.78, 5) is 12.5. The van der Waals surface area contributed by atoms with Gasteiger partial charge in [-0.2, -0.15) is 0 Å². The summed E-state index contributed by atoms with van der Waals surface area (Å²) >= 11 is 0. The fraction of sp³-hybridized carbons (Fsp3) is 0.562. The molecule has 2 bridgehead atoms. The normalized spacial score (nSPS) is 35.3. The van der Waals surface area contributed by atoms with Gasteiger partial charge in [-0.1, -0.05) is 18.9 Å². The van der Waals surface area contributed by atoms with Gasteiger partial charge in [-0.3, -0.25) is 4.79 Å². The van der Waals surface area contributed by atoms with Crippen LogP contribution in [0.2, 0.25) is 0 Å². The van der Waals surface area contributed by atoms with Gasteiger partial charge in [0.25, 0.3) is 0 Å². The molecule has 0 unspecified atom stereocenters. The maximum absolute atomic E-state index is 12.5. The standard InChI is InChI=1S/C16H18O3/c1-18-11-5-6-12-13(9-11)16-7-3-2-4-10(16)8-14(12)19-15(16)17/h5-6,9-10,14H,2-4,7-8H2,1H3/t10-,14+,16-/m1/s1. The third kappa shape index (κ3) is 1.31. The molecule has 3 atom stereocenters. The van der Waals surface area contributed by atoms with Crippen molar-refractivity contribution in [2.45, 2.75) is 43.6 Å². The van der Waals surface area contributed by atoms with Crippen LogP contribution in [0.5, 0.6) is 5.75 Å². The Balaban J connectivity index is 1.95. The van der Waals surface area contributed by atoms with Crippen LogP contribution in [0.15, 0.2) is 18.2 Å². The molecule has 1 aromatic rings. The van der Waals surface area contributed by atoms with E-state index in [9.17, 15) is 4.79 Å². The second-order valence-electron chi connectivity index (χ2n) is 6.00. The Morgan fingerprint density at radius 1 is 1.37 bits per heavy atom. The van der Waals surface area contributed by atoms with Gasteiger partial charge in [-0.15, -0.1) is 0 Å². The molecule has 2 heterocycles. The molecule has 0 aromatic heterocycles. The molecule has 0 radical (unpaired) electrons. The zero-order chi connectivity index (χ0) is 13.0. The number of carbonyl (C=O) groups excluding carboxylic acids is 1. The van der Waals surface area contributed by atoms with E-state index in [0.29, 0.717) is 5.92 Å². The summed E-state index contributed by atoms with van der Waals surface area (Å²) in [6.45, 7) is 0. The molecule has 2 aliphatic heterocycles. The minimum atomic E-state index is -0.378. The molecule has 2 fully saturated rings. The highest BCUT2D eigenvalue weighted by atomic mass is 16.5. The number of hydrogen-bond donors (Lipinski definition) is 0. The molecule has 2 aliphatic carbocycles. The number of hydrogen-bond acceptors (Lipinski definition) is 3. The van der Waals surface area contributed by atoms with Gasteiger partial charge in [0.05, 0.1) is 12.5 Å². The Bertz CT molecular complexity index is 551. The second-order valence-corrected chi connectivity index (χ2v) is 6.00. The van der Waals surface area contributed by atoms with Crippen LogP contribution in [0.3, 0.4) is 0 Å². The Kier molecular flexibility index (Phi) is 2.23. The third-order valence-electron chi connectivity index (χ3n) is 5.27. The summed E-state index contributed by atoms with van der Waals surface area (Å²) < 4.78 is 11.0. The van der Waals surface area contributed by atoms with Crippen LogP contribution in [-0.2, 0) is 14.9 Å². The summed E-state index contributed by atoms with van der Waals surface area (Å²) in [5, 5.41) is 0. The largest absolute Gasteiger partial charge is 0.497 e. The van der Waals surface area contributed by atoms with E-state index in [1.807, 2.05) is 6.07 Å². The Labute approximate surface area is 112 Å². The third-order valence-corrected chi connectivity index (χ3v) is 5.27. The molecule has 3 heteroatoms. The first kappa shape index (κ1) is 11.3. The molecule has 1 saturated heterocycles. The highest BCUT2D eigenvalue weighted by Crippen LogP contribution is 2.58. The zero-order valence-corrected chi connectivity index (χ0v) is 11.1. The Morgan fingerprint density at radius 2 is 2.26 bits per heavy atom. The highest BCUT2D eigenvalue weighted by molar-refractivity contribution is 5.87. The number of methoxy groups -OCH3 is 1. The molecule has 1 aromatic carbocycles. The SMILES string of the molecule is COc1ccc2c(c1)[C@@]13CCCC[C@@H]1C[C@@H]2OC3=O. The van der Waals surface area contributed by atoms with Crippen molar-refractivity contribution < 1.29 is 14.3 Å². The topological polar surface area (TPSA) is 35.5 Å². The van der Waals surface area contributed by atoms with Gasteiger partial charge < -0.3 is 9.47 Å².